The van der Waals surface area contributed by atoms with Crippen molar-refractivity contribution in [2.75, 3.05) is 26.3 Å². The molecule has 0 spiro atoms. The Morgan fingerprint density at radius 2 is 1.82 bits per heavy atom. The summed E-state index contributed by atoms with van der Waals surface area (Å²) in [6.45, 7) is 6.66. The number of ether oxygens (including phenoxy) is 3. The fourth-order valence-corrected chi connectivity index (χ4v) is 6.71. The minimum absolute atomic E-state index is 0.0240. The predicted molar refractivity (Wildman–Crippen MR) is 147 cm³/mol. The van der Waals surface area contributed by atoms with Gasteiger partial charge in [0, 0.05) is 25.6 Å². The molecule has 2 aliphatic rings. The number of aliphatic hydroxyl groups excluding tert-OH is 1. The predicted octanol–water partition coefficient (Wildman–Crippen LogP) is 3.49. The SMILES string of the molecule is Cc1ccc(S(=O)(=O)N(CC(C)C)C[C@@H](O)[C@H](Cc2ccccc2)NC(=O)O[C@@H]2CO[C@@H]3OCCC[C@@H]32)cc1. The lowest BCUT2D eigenvalue weighted by atomic mass is 9.97. The summed E-state index contributed by atoms with van der Waals surface area (Å²) in [7, 11) is -3.88. The summed E-state index contributed by atoms with van der Waals surface area (Å²) in [6, 6.07) is 15.3. The Hall–Kier alpha value is -2.50. The van der Waals surface area contributed by atoms with Crippen LogP contribution in [0.25, 0.3) is 0 Å². The number of hydrogen-bond donors (Lipinski definition) is 2. The van der Waals surface area contributed by atoms with Gasteiger partial charge in [-0.3, -0.25) is 0 Å². The van der Waals surface area contributed by atoms with Gasteiger partial charge in [0.15, 0.2) is 6.29 Å². The molecule has 2 aromatic rings. The number of sulfonamides is 1. The van der Waals surface area contributed by atoms with E-state index in [0.717, 1.165) is 24.0 Å². The van der Waals surface area contributed by atoms with E-state index in [1.165, 1.54) is 4.31 Å². The number of fused-ring (bicyclic) bond motifs is 1. The molecule has 0 aliphatic carbocycles. The highest BCUT2D eigenvalue weighted by atomic mass is 32.2. The van der Waals surface area contributed by atoms with Gasteiger partial charge in [0.25, 0.3) is 0 Å². The van der Waals surface area contributed by atoms with Crippen molar-refractivity contribution in [3.8, 4) is 0 Å². The maximum atomic E-state index is 13.6. The van der Waals surface area contributed by atoms with Crippen molar-refractivity contribution in [3.63, 3.8) is 0 Å². The van der Waals surface area contributed by atoms with Gasteiger partial charge < -0.3 is 24.6 Å². The summed E-state index contributed by atoms with van der Waals surface area (Å²) >= 11 is 0. The van der Waals surface area contributed by atoms with Crippen LogP contribution in [0.5, 0.6) is 0 Å². The Bertz CT molecular complexity index is 1170. The van der Waals surface area contributed by atoms with Crippen LogP contribution in [0.3, 0.4) is 0 Å². The van der Waals surface area contributed by atoms with Crippen molar-refractivity contribution in [3.05, 3.63) is 65.7 Å². The van der Waals surface area contributed by atoms with E-state index in [1.807, 2.05) is 51.1 Å². The monoisotopic (exact) mass is 560 g/mol. The Balaban J connectivity index is 1.50. The lowest BCUT2D eigenvalue weighted by molar-refractivity contribution is -0.152. The van der Waals surface area contributed by atoms with Gasteiger partial charge in [-0.15, -0.1) is 0 Å². The third-order valence-electron chi connectivity index (χ3n) is 7.16. The lowest BCUT2D eigenvalue weighted by Gasteiger charge is -2.31. The van der Waals surface area contributed by atoms with Crippen LogP contribution in [0.15, 0.2) is 59.5 Å². The molecule has 2 aromatic carbocycles. The van der Waals surface area contributed by atoms with Gasteiger partial charge in [0.2, 0.25) is 10.0 Å². The topological polar surface area (TPSA) is 114 Å². The van der Waals surface area contributed by atoms with E-state index in [-0.39, 0.29) is 42.7 Å². The van der Waals surface area contributed by atoms with Gasteiger partial charge in [0.05, 0.1) is 23.6 Å². The van der Waals surface area contributed by atoms with E-state index >= 15 is 0 Å². The number of hydrogen-bond acceptors (Lipinski definition) is 7. The molecule has 0 aromatic heterocycles. The van der Waals surface area contributed by atoms with E-state index in [9.17, 15) is 18.3 Å². The largest absolute Gasteiger partial charge is 0.443 e. The Morgan fingerprint density at radius 3 is 2.51 bits per heavy atom. The van der Waals surface area contributed by atoms with Crippen LogP contribution < -0.4 is 5.32 Å². The number of rotatable bonds is 11. The zero-order valence-corrected chi connectivity index (χ0v) is 23.7. The smallest absolute Gasteiger partial charge is 0.407 e. The average molecular weight is 561 g/mol. The minimum Gasteiger partial charge on any atom is -0.443 e. The van der Waals surface area contributed by atoms with Gasteiger partial charge in [-0.2, -0.15) is 4.31 Å². The first-order valence-corrected chi connectivity index (χ1v) is 15.1. The van der Waals surface area contributed by atoms with Crippen molar-refractivity contribution in [1.82, 2.24) is 9.62 Å². The third-order valence-corrected chi connectivity index (χ3v) is 9.00. The number of nitrogens with zero attached hydrogens (tertiary/aromatic N) is 1. The number of aryl methyl sites for hydroxylation is 1. The summed E-state index contributed by atoms with van der Waals surface area (Å²) in [4.78, 5) is 13.2. The van der Waals surface area contributed by atoms with E-state index in [0.29, 0.717) is 13.0 Å². The molecule has 0 bridgehead atoms. The maximum absolute atomic E-state index is 13.6. The summed E-state index contributed by atoms with van der Waals surface area (Å²) < 4.78 is 45.4. The zero-order valence-electron chi connectivity index (χ0n) is 22.9. The first-order valence-electron chi connectivity index (χ1n) is 13.6. The second kappa shape index (κ2) is 13.2. The summed E-state index contributed by atoms with van der Waals surface area (Å²) in [6.07, 6.45) is -0.646. The quantitative estimate of drug-likeness (QED) is 0.432. The van der Waals surface area contributed by atoms with Crippen LogP contribution in [0.2, 0.25) is 0 Å². The number of alkyl carbamates (subject to hydrolysis) is 1. The number of aliphatic hydroxyl groups is 1. The second-order valence-corrected chi connectivity index (χ2v) is 12.8. The van der Waals surface area contributed by atoms with Gasteiger partial charge >= 0.3 is 6.09 Å². The Morgan fingerprint density at radius 1 is 1.10 bits per heavy atom. The normalized spacial score (nSPS) is 22.9. The molecule has 2 saturated heterocycles. The van der Waals surface area contributed by atoms with Crippen LogP contribution in [0, 0.1) is 18.8 Å². The van der Waals surface area contributed by atoms with Crippen molar-refractivity contribution in [1.29, 1.82) is 0 Å². The molecule has 4 rings (SSSR count). The molecule has 2 aliphatic heterocycles. The van der Waals surface area contributed by atoms with Crippen LogP contribution in [0.4, 0.5) is 4.79 Å². The third kappa shape index (κ3) is 7.79. The molecular formula is C29H40N2O7S. The van der Waals surface area contributed by atoms with Crippen LogP contribution in [-0.4, -0.2) is 74.8 Å². The summed E-state index contributed by atoms with van der Waals surface area (Å²) in [5.74, 6) is -0.000807. The molecule has 2 heterocycles. The Kier molecular flexibility index (Phi) is 10.0. The highest BCUT2D eigenvalue weighted by molar-refractivity contribution is 7.89. The number of benzene rings is 2. The van der Waals surface area contributed by atoms with Gasteiger partial charge in [-0.1, -0.05) is 61.9 Å². The number of carbonyl (C=O) groups excluding carboxylic acids is 1. The molecule has 10 heteroatoms. The first kappa shape index (κ1) is 29.5. The fraction of sp³-hybridized carbons (Fsp3) is 0.552. The van der Waals surface area contributed by atoms with Gasteiger partial charge in [0.1, 0.15) is 6.10 Å². The standard InChI is InChI=1S/C29H40N2O7S/c1-20(2)17-31(39(34,35)23-13-11-21(3)12-14-23)18-26(32)25(16-22-8-5-4-6-9-22)30-29(33)38-27-19-37-28-24(27)10-7-15-36-28/h4-6,8-9,11-14,20,24-28,32H,7,10,15-19H2,1-3H3,(H,30,33)/t24-,25+,26-,27-,28+/m1/s1. The van der Waals surface area contributed by atoms with Crippen molar-refractivity contribution < 1.29 is 32.5 Å². The lowest BCUT2D eigenvalue weighted by Crippen LogP contribution is -2.51. The molecule has 214 valence electrons. The summed E-state index contributed by atoms with van der Waals surface area (Å²) in [5, 5.41) is 14.2. The first-order chi connectivity index (χ1) is 18.6. The van der Waals surface area contributed by atoms with Crippen LogP contribution in [0.1, 0.15) is 37.8 Å². The van der Waals surface area contributed by atoms with Gasteiger partial charge in [-0.25, -0.2) is 13.2 Å². The average Bonchev–Trinajstić information content (AvgIpc) is 3.31. The molecule has 0 unspecified atom stereocenters. The van der Waals surface area contributed by atoms with E-state index < -0.39 is 34.4 Å². The number of nitrogens with one attached hydrogen (secondary N) is 1. The highest BCUT2D eigenvalue weighted by Gasteiger charge is 2.42. The van der Waals surface area contributed by atoms with E-state index in [4.69, 9.17) is 14.2 Å². The van der Waals surface area contributed by atoms with Crippen molar-refractivity contribution in [2.24, 2.45) is 11.8 Å². The number of amides is 1. The zero-order chi connectivity index (χ0) is 28.0. The molecule has 2 fully saturated rings. The molecule has 0 saturated carbocycles. The maximum Gasteiger partial charge on any atom is 0.407 e. The van der Waals surface area contributed by atoms with Crippen molar-refractivity contribution in [2.45, 2.75) is 69.5 Å². The summed E-state index contributed by atoms with van der Waals surface area (Å²) in [5.41, 5.74) is 1.84. The van der Waals surface area contributed by atoms with E-state index in [2.05, 4.69) is 5.32 Å². The molecule has 2 N–H and O–H groups in total. The van der Waals surface area contributed by atoms with Crippen LogP contribution in [-0.2, 0) is 30.7 Å². The molecule has 9 nitrogen and oxygen atoms in total. The van der Waals surface area contributed by atoms with Crippen LogP contribution >= 0.6 is 0 Å². The molecule has 1 amide bonds. The molecule has 5 atom stereocenters. The second-order valence-electron chi connectivity index (χ2n) is 10.9. The number of carbonyl (C=O) groups is 1. The van der Waals surface area contributed by atoms with Crippen molar-refractivity contribution >= 4 is 16.1 Å². The highest BCUT2D eigenvalue weighted by Crippen LogP contribution is 2.32. The van der Waals surface area contributed by atoms with E-state index in [1.54, 1.807) is 24.3 Å². The Labute approximate surface area is 231 Å². The minimum atomic E-state index is -3.88. The molecule has 39 heavy (non-hydrogen) atoms. The van der Waals surface area contributed by atoms with Gasteiger partial charge in [-0.05, 0) is 49.8 Å². The fourth-order valence-electron chi connectivity index (χ4n) is 5.09. The molecule has 0 radical (unpaired) electrons. The molecular weight excluding hydrogens is 520 g/mol.